The predicted molar refractivity (Wildman–Crippen MR) is 161 cm³/mol. The topological polar surface area (TPSA) is 123 Å². The Labute approximate surface area is 241 Å². The maximum Gasteiger partial charge on any atom is 0.504 e. The Morgan fingerprint density at radius 3 is 1.39 bits per heavy atom. The minimum atomic E-state index is -4.69. The van der Waals surface area contributed by atoms with Crippen molar-refractivity contribution in [1.82, 2.24) is 0 Å². The molecule has 0 unspecified atom stereocenters. The van der Waals surface area contributed by atoms with Crippen molar-refractivity contribution < 1.29 is 31.1 Å². The highest BCUT2D eigenvalue weighted by molar-refractivity contribution is 8.31. The van der Waals surface area contributed by atoms with Gasteiger partial charge in [-0.25, -0.2) is 16.8 Å². The van der Waals surface area contributed by atoms with Crippen LogP contribution in [0.5, 0.6) is 11.5 Å². The molecule has 0 fully saturated rings. The van der Waals surface area contributed by atoms with Crippen LogP contribution >= 0.6 is 0 Å². The van der Waals surface area contributed by atoms with Gasteiger partial charge in [-0.3, -0.25) is 0 Å². The highest BCUT2D eigenvalue weighted by Crippen LogP contribution is 2.29. The van der Waals surface area contributed by atoms with E-state index in [2.05, 4.69) is 18.6 Å². The normalized spacial score (nSPS) is 11.9. The van der Waals surface area contributed by atoms with E-state index in [9.17, 15) is 22.4 Å². The SMILES string of the molecule is CCCCCOc1ccc2cc(S(=O)(=O)C(=[N+]=[N-])S(=O)(=O)c3ccc4cc(OCCCCC)ccc4c3)ccc2c1. The highest BCUT2D eigenvalue weighted by atomic mass is 32.3. The van der Waals surface area contributed by atoms with Gasteiger partial charge < -0.3 is 15.0 Å². The van der Waals surface area contributed by atoms with E-state index in [1.165, 1.54) is 24.3 Å². The first kappa shape index (κ1) is 30.2. The van der Waals surface area contributed by atoms with Gasteiger partial charge in [0.1, 0.15) is 11.5 Å². The van der Waals surface area contributed by atoms with Gasteiger partial charge in [0.25, 0.3) is 19.7 Å². The van der Waals surface area contributed by atoms with Gasteiger partial charge in [0, 0.05) is 0 Å². The van der Waals surface area contributed by atoms with Gasteiger partial charge in [0.2, 0.25) is 0 Å². The van der Waals surface area contributed by atoms with Crippen molar-refractivity contribution in [3.05, 3.63) is 78.3 Å². The van der Waals surface area contributed by atoms with E-state index in [1.54, 1.807) is 48.5 Å². The third-order valence-electron chi connectivity index (χ3n) is 6.76. The monoisotopic (exact) mass is 594 g/mol. The number of unbranched alkanes of at least 4 members (excludes halogenated alkanes) is 4. The predicted octanol–water partition coefficient (Wildman–Crippen LogP) is 6.96. The second-order valence-corrected chi connectivity index (χ2v) is 13.8. The molecule has 0 aliphatic carbocycles. The molecule has 0 bridgehead atoms. The summed E-state index contributed by atoms with van der Waals surface area (Å²) in [5.41, 5.74) is 9.66. The molecule has 8 nitrogen and oxygen atoms in total. The van der Waals surface area contributed by atoms with E-state index in [1.807, 2.05) is 0 Å². The number of rotatable bonds is 12. The minimum Gasteiger partial charge on any atom is -0.494 e. The van der Waals surface area contributed by atoms with E-state index in [4.69, 9.17) is 9.47 Å². The molecular weight excluding hydrogens is 560 g/mol. The first-order valence-electron chi connectivity index (χ1n) is 13.8. The molecule has 0 N–H and O–H groups in total. The van der Waals surface area contributed by atoms with Crippen LogP contribution in [-0.4, -0.2) is 39.2 Å². The largest absolute Gasteiger partial charge is 0.504 e. The molecule has 0 heterocycles. The molecule has 0 aromatic heterocycles. The fourth-order valence-electron chi connectivity index (χ4n) is 4.46. The number of hydrogen-bond donors (Lipinski definition) is 0. The van der Waals surface area contributed by atoms with Crippen LogP contribution in [0.15, 0.2) is 82.6 Å². The Kier molecular flexibility index (Phi) is 9.81. The molecule has 0 aliphatic rings. The lowest BCUT2D eigenvalue weighted by Gasteiger charge is -2.09. The van der Waals surface area contributed by atoms with Gasteiger partial charge in [0.05, 0.1) is 23.0 Å². The standard InChI is InChI=1S/C31H34N2O6S2/c1-3-5-7-17-38-27-13-9-25-21-29(15-11-23(25)19-27)40(34,35)31(33-32)41(36,37)30-16-12-24-20-28(14-10-26(24)22-30)39-18-8-6-4-2/h9-16,19-22H,3-8,17-18H2,1-2H3. The lowest BCUT2D eigenvalue weighted by atomic mass is 10.1. The lowest BCUT2D eigenvalue weighted by Crippen LogP contribution is -2.26. The van der Waals surface area contributed by atoms with Crippen LogP contribution in [0.3, 0.4) is 0 Å². The molecular formula is C31H34N2O6S2. The van der Waals surface area contributed by atoms with Gasteiger partial charge in [-0.05, 0) is 82.9 Å². The number of sulfone groups is 2. The molecule has 4 aromatic rings. The Hall–Kier alpha value is -3.72. The molecule has 0 saturated heterocycles. The number of benzene rings is 4. The van der Waals surface area contributed by atoms with Crippen LogP contribution in [0, 0.1) is 0 Å². The zero-order valence-electron chi connectivity index (χ0n) is 23.2. The van der Waals surface area contributed by atoms with Crippen molar-refractivity contribution in [2.45, 2.75) is 62.2 Å². The molecule has 0 amide bonds. The maximum atomic E-state index is 13.4. The number of hydrogen-bond acceptors (Lipinski definition) is 6. The highest BCUT2D eigenvalue weighted by Gasteiger charge is 2.44. The first-order valence-corrected chi connectivity index (χ1v) is 16.7. The Bertz CT molecular complexity index is 1680. The van der Waals surface area contributed by atoms with Gasteiger partial charge in [-0.1, -0.05) is 63.8 Å². The van der Waals surface area contributed by atoms with Gasteiger partial charge in [0.15, 0.2) is 0 Å². The summed E-state index contributed by atoms with van der Waals surface area (Å²) < 4.78 is 64.0. The van der Waals surface area contributed by atoms with Crippen molar-refractivity contribution in [3.63, 3.8) is 0 Å². The average Bonchev–Trinajstić information content (AvgIpc) is 2.97. The second-order valence-electron chi connectivity index (χ2n) is 9.83. The van der Waals surface area contributed by atoms with Crippen molar-refractivity contribution in [1.29, 1.82) is 0 Å². The molecule has 0 saturated carbocycles. The van der Waals surface area contributed by atoms with Crippen molar-refractivity contribution in [2.24, 2.45) is 0 Å². The fourth-order valence-corrected chi connectivity index (χ4v) is 7.87. The van der Waals surface area contributed by atoms with Crippen LogP contribution in [0.25, 0.3) is 27.1 Å². The number of fused-ring (bicyclic) bond motifs is 2. The quantitative estimate of drug-likeness (QED) is 0.0574. The van der Waals surface area contributed by atoms with Gasteiger partial charge in [-0.15, -0.1) is 4.79 Å². The van der Waals surface area contributed by atoms with E-state index < -0.39 is 24.1 Å². The number of nitrogens with zero attached hydrogens (tertiary/aromatic N) is 2. The Morgan fingerprint density at radius 2 is 1.00 bits per heavy atom. The van der Waals surface area contributed by atoms with Crippen molar-refractivity contribution in [3.8, 4) is 11.5 Å². The molecule has 0 atom stereocenters. The summed E-state index contributed by atoms with van der Waals surface area (Å²) in [5, 5.41) is 2.59. The summed E-state index contributed by atoms with van der Waals surface area (Å²) in [6.07, 6.45) is 6.19. The molecule has 0 radical (unpaired) electrons. The van der Waals surface area contributed by atoms with Crippen molar-refractivity contribution in [2.75, 3.05) is 13.2 Å². The maximum absolute atomic E-state index is 13.4. The second kappa shape index (κ2) is 13.3. The third kappa shape index (κ3) is 6.96. The van der Waals surface area contributed by atoms with E-state index in [0.717, 1.165) is 49.3 Å². The number of ether oxygens (including phenoxy) is 2. The van der Waals surface area contributed by atoms with Crippen LogP contribution in [0.1, 0.15) is 52.4 Å². The summed E-state index contributed by atoms with van der Waals surface area (Å²) in [6, 6.07) is 18.9. The molecule has 41 heavy (non-hydrogen) atoms. The fraction of sp³-hybridized carbons (Fsp3) is 0.323. The molecule has 0 aliphatic heterocycles. The molecule has 0 spiro atoms. The third-order valence-corrected chi connectivity index (χ3v) is 10.9. The smallest absolute Gasteiger partial charge is 0.494 e. The minimum absolute atomic E-state index is 0.302. The zero-order chi connectivity index (χ0) is 29.5. The first-order chi connectivity index (χ1) is 19.7. The molecule has 216 valence electrons. The molecule has 4 rings (SSSR count). The summed E-state index contributed by atoms with van der Waals surface area (Å²) in [6.45, 7) is 5.40. The summed E-state index contributed by atoms with van der Waals surface area (Å²) >= 11 is 0. The van der Waals surface area contributed by atoms with E-state index >= 15 is 0 Å². The van der Waals surface area contributed by atoms with Gasteiger partial charge >= 0.3 is 4.38 Å². The summed E-state index contributed by atoms with van der Waals surface area (Å²) in [5.74, 6) is 1.33. The average molecular weight is 595 g/mol. The Balaban J connectivity index is 1.59. The molecule has 4 aromatic carbocycles. The molecule has 10 heteroatoms. The lowest BCUT2D eigenvalue weighted by molar-refractivity contribution is 0.00380. The summed E-state index contributed by atoms with van der Waals surface area (Å²) in [4.78, 5) is 2.17. The van der Waals surface area contributed by atoms with Crippen LogP contribution in [-0.2, 0) is 19.7 Å². The summed E-state index contributed by atoms with van der Waals surface area (Å²) in [7, 11) is -9.39. The van der Waals surface area contributed by atoms with Crippen molar-refractivity contribution >= 4 is 45.6 Å². The van der Waals surface area contributed by atoms with Crippen LogP contribution < -0.4 is 9.47 Å². The Morgan fingerprint density at radius 1 is 0.610 bits per heavy atom. The van der Waals surface area contributed by atoms with Crippen LogP contribution in [0.4, 0.5) is 0 Å². The zero-order valence-corrected chi connectivity index (χ0v) is 24.9. The van der Waals surface area contributed by atoms with Crippen LogP contribution in [0.2, 0.25) is 0 Å². The van der Waals surface area contributed by atoms with E-state index in [-0.39, 0.29) is 9.79 Å². The van der Waals surface area contributed by atoms with E-state index in [0.29, 0.717) is 35.5 Å². The van der Waals surface area contributed by atoms with Gasteiger partial charge in [-0.2, -0.15) is 0 Å².